The fourth-order valence-electron chi connectivity index (χ4n) is 8.11. The normalized spacial score (nSPS) is 16.4. The fourth-order valence-corrected chi connectivity index (χ4v) is 8.11. The van der Waals surface area contributed by atoms with Crippen molar-refractivity contribution < 1.29 is 79.7 Å². The molecule has 0 saturated heterocycles. The third-order valence-electron chi connectivity index (χ3n) is 11.5. The Morgan fingerprint density at radius 2 is 1.15 bits per heavy atom. The van der Waals surface area contributed by atoms with Crippen LogP contribution in [0.2, 0.25) is 0 Å². The van der Waals surface area contributed by atoms with E-state index in [1.54, 1.807) is 13.8 Å². The monoisotopic (exact) mass is 933 g/mol. The second-order valence-electron chi connectivity index (χ2n) is 16.1. The molecule has 0 amide bonds. The van der Waals surface area contributed by atoms with Gasteiger partial charge in [0.05, 0.1) is 54.9 Å². The SMILES string of the molecule is CCO.CCOC(=O)C(C#N)=C1CCCCC1.CO.N#CC1(CC(=O)OCc2ccccc2)CCCCC1.N#CCC1(C#N)CCCCC1.NCC1(CC(=O)O)CCCCC1.O.O.[C-]#N.[Na+]. The zero-order chi connectivity index (χ0) is 47.8. The zero-order valence-corrected chi connectivity index (χ0v) is 42.2. The van der Waals surface area contributed by atoms with E-state index in [0.717, 1.165) is 121 Å². The number of esters is 2. The number of nitriles is 4. The van der Waals surface area contributed by atoms with Crippen molar-refractivity contribution in [2.24, 2.45) is 22.0 Å². The number of benzene rings is 1. The molecule has 5 rings (SSSR count). The van der Waals surface area contributed by atoms with Gasteiger partial charge in [0.15, 0.2) is 0 Å². The second kappa shape index (κ2) is 44.5. The smallest absolute Gasteiger partial charge is 0.512 e. The van der Waals surface area contributed by atoms with Crippen LogP contribution >= 0.6 is 0 Å². The average molecular weight is 933 g/mol. The van der Waals surface area contributed by atoms with Gasteiger partial charge in [-0.05, 0) is 101 Å². The average Bonchev–Trinajstić information content (AvgIpc) is 3.32. The number of aliphatic hydroxyl groups excluding tert-OH is 2. The summed E-state index contributed by atoms with van der Waals surface area (Å²) in [7, 11) is 1.00. The summed E-state index contributed by atoms with van der Waals surface area (Å²) >= 11 is 0. The number of carbonyl (C=O) groups is 3. The van der Waals surface area contributed by atoms with Gasteiger partial charge in [-0.2, -0.15) is 21.0 Å². The van der Waals surface area contributed by atoms with Gasteiger partial charge in [-0.1, -0.05) is 94.5 Å². The van der Waals surface area contributed by atoms with Crippen molar-refractivity contribution in [3.8, 4) is 24.3 Å². The molecule has 16 nitrogen and oxygen atoms in total. The maximum absolute atomic E-state index is 11.9. The first-order chi connectivity index (χ1) is 30.5. The van der Waals surface area contributed by atoms with Crippen LogP contribution in [-0.4, -0.2) is 71.0 Å². The molecule has 4 saturated carbocycles. The Hall–Kier alpha value is -4.38. The van der Waals surface area contributed by atoms with E-state index in [1.165, 1.54) is 25.7 Å². The van der Waals surface area contributed by atoms with Gasteiger partial charge in [0.1, 0.15) is 18.2 Å². The number of carbonyl (C=O) groups excluding carboxylic acids is 2. The molecule has 17 heteroatoms. The van der Waals surface area contributed by atoms with E-state index in [1.807, 2.05) is 36.4 Å². The summed E-state index contributed by atoms with van der Waals surface area (Å²) in [6, 6.07) is 18.3. The van der Waals surface area contributed by atoms with E-state index in [4.69, 9.17) is 58.1 Å². The standard InChI is InChI=1S/C16H19NO2.C11H15NO2.C9H12N2.C9H17NO2.C2H6O.CN.CH4O.Na.2H2O/c17-13-16(9-5-2-6-10-16)11-15(18)19-12-14-7-3-1-4-8-14;1-2-14-11(13)10(8-12)9-6-4-3-5-7-9;10-7-6-9(8-11)4-2-1-3-5-9;10-7-9(6-8(11)12)4-2-1-3-5-9;1-2-3;2*1-2;;;/h1,3-4,7-8H,2,5-6,9-12H2;2-7H2,1H3;1-6H2;1-7,10H2,(H,11,12);3H,2H2,1H3;;2H,1H3;;2*1H2/q;;;;;-1;;+1;;. The molecule has 0 unspecified atom stereocenters. The van der Waals surface area contributed by atoms with Gasteiger partial charge in [0, 0.05) is 13.7 Å². The number of ether oxygens (including phenoxy) is 2. The molecular formula is C49H77N6NaO10. The van der Waals surface area contributed by atoms with Crippen molar-refractivity contribution in [2.45, 2.75) is 168 Å². The number of carboxylic acids is 1. The Morgan fingerprint density at radius 1 is 0.712 bits per heavy atom. The van der Waals surface area contributed by atoms with Crippen molar-refractivity contribution in [3.63, 3.8) is 0 Å². The molecule has 0 heterocycles. The van der Waals surface area contributed by atoms with Crippen LogP contribution in [0, 0.1) is 73.4 Å². The maximum Gasteiger partial charge on any atom is 1.00 e. The molecule has 0 aliphatic heterocycles. The van der Waals surface area contributed by atoms with Crippen LogP contribution in [0.25, 0.3) is 0 Å². The summed E-state index contributed by atoms with van der Waals surface area (Å²) in [6.07, 6.45) is 21.8. The van der Waals surface area contributed by atoms with E-state index in [2.05, 4.69) is 18.2 Å². The molecule has 364 valence electrons. The van der Waals surface area contributed by atoms with Crippen LogP contribution in [0.4, 0.5) is 0 Å². The van der Waals surface area contributed by atoms with Gasteiger partial charge in [-0.25, -0.2) is 4.79 Å². The van der Waals surface area contributed by atoms with Crippen LogP contribution in [-0.2, 0) is 30.5 Å². The number of nitrogens with two attached hydrogens (primary N) is 1. The molecule has 0 aromatic heterocycles. The van der Waals surface area contributed by atoms with Crippen LogP contribution in [0.3, 0.4) is 0 Å². The van der Waals surface area contributed by atoms with Crippen molar-refractivity contribution in [1.29, 1.82) is 26.3 Å². The third-order valence-corrected chi connectivity index (χ3v) is 11.5. The molecule has 4 fully saturated rings. The molecule has 9 N–H and O–H groups in total. The first kappa shape index (κ1) is 70.6. The van der Waals surface area contributed by atoms with Gasteiger partial charge >= 0.3 is 47.5 Å². The van der Waals surface area contributed by atoms with Crippen molar-refractivity contribution in [3.05, 3.63) is 53.6 Å². The summed E-state index contributed by atoms with van der Waals surface area (Å²) in [5.41, 5.74) is 6.98. The minimum Gasteiger partial charge on any atom is -0.512 e. The molecule has 4 aliphatic carbocycles. The first-order valence-electron chi connectivity index (χ1n) is 22.3. The van der Waals surface area contributed by atoms with Crippen LogP contribution in [0.15, 0.2) is 41.5 Å². The number of nitrogens with zero attached hydrogens (tertiary/aromatic N) is 5. The summed E-state index contributed by atoms with van der Waals surface area (Å²) in [6.45, 7) is 9.58. The number of aliphatic hydroxyl groups is 2. The van der Waals surface area contributed by atoms with E-state index in [-0.39, 0.29) is 82.3 Å². The molecule has 1 aromatic carbocycles. The van der Waals surface area contributed by atoms with Crippen molar-refractivity contribution >= 4 is 17.9 Å². The molecule has 0 atom stereocenters. The molecule has 4 aliphatic rings. The van der Waals surface area contributed by atoms with E-state index >= 15 is 0 Å². The van der Waals surface area contributed by atoms with E-state index < -0.39 is 17.4 Å². The molecule has 0 radical (unpaired) electrons. The number of hydrogen-bond donors (Lipinski definition) is 4. The molecule has 0 bridgehead atoms. The van der Waals surface area contributed by atoms with Crippen molar-refractivity contribution in [2.75, 3.05) is 26.9 Å². The first-order valence-corrected chi connectivity index (χ1v) is 22.3. The molecular weight excluding hydrogens is 856 g/mol. The summed E-state index contributed by atoms with van der Waals surface area (Å²) in [5.74, 6) is -1.42. The minimum atomic E-state index is -0.706. The molecule has 0 spiro atoms. The Kier molecular flexibility index (Phi) is 47.6. The quantitative estimate of drug-likeness (QED) is 0.0810. The Bertz CT molecular complexity index is 1640. The van der Waals surface area contributed by atoms with Gasteiger partial charge in [-0.15, -0.1) is 0 Å². The Balaban J connectivity index is -0.000000240. The Labute approximate surface area is 416 Å². The van der Waals surface area contributed by atoms with E-state index in [9.17, 15) is 19.6 Å². The van der Waals surface area contributed by atoms with Gasteiger partial charge in [0.25, 0.3) is 0 Å². The molecule has 66 heavy (non-hydrogen) atoms. The van der Waals surface area contributed by atoms with Crippen LogP contribution < -0.4 is 35.3 Å². The zero-order valence-electron chi connectivity index (χ0n) is 40.2. The summed E-state index contributed by atoms with van der Waals surface area (Å²) in [4.78, 5) is 33.8. The van der Waals surface area contributed by atoms with Crippen molar-refractivity contribution in [1.82, 2.24) is 0 Å². The van der Waals surface area contributed by atoms with Gasteiger partial charge < -0.3 is 53.3 Å². The van der Waals surface area contributed by atoms with E-state index in [0.29, 0.717) is 26.2 Å². The topological polar surface area (TPSA) is 338 Å². The largest absolute Gasteiger partial charge is 1.00 e. The number of hydrogen-bond acceptors (Lipinski definition) is 13. The maximum atomic E-state index is 11.9. The van der Waals surface area contributed by atoms with Crippen LogP contribution in [0.5, 0.6) is 0 Å². The van der Waals surface area contributed by atoms with Gasteiger partial charge in [-0.3, -0.25) is 9.59 Å². The Morgan fingerprint density at radius 3 is 1.55 bits per heavy atom. The number of carboxylic acid groups (broad SMARTS) is 1. The number of allylic oxidation sites excluding steroid dienone is 1. The van der Waals surface area contributed by atoms with Crippen LogP contribution in [0.1, 0.15) is 167 Å². The minimum absolute atomic E-state index is 0. The third kappa shape index (κ3) is 30.0. The summed E-state index contributed by atoms with van der Waals surface area (Å²) < 4.78 is 10.1. The predicted octanol–water partition coefficient (Wildman–Crippen LogP) is 4.73. The predicted molar refractivity (Wildman–Crippen MR) is 246 cm³/mol. The second-order valence-corrected chi connectivity index (χ2v) is 16.1. The fraction of sp³-hybridized carbons (Fsp3) is 0.673. The van der Waals surface area contributed by atoms with Gasteiger partial charge in [0.2, 0.25) is 0 Å². The number of aliphatic carboxylic acids is 1. The molecule has 1 aromatic rings. The summed E-state index contributed by atoms with van der Waals surface area (Å²) in [5, 5.41) is 65.1. The number of rotatable bonds is 10.